The largest absolute Gasteiger partial charge is 0.490 e. The number of nitrogens with one attached hydrogen (secondary N) is 2. The van der Waals surface area contributed by atoms with Crippen molar-refractivity contribution < 1.29 is 23.5 Å². The quantitative estimate of drug-likeness (QED) is 0.595. The zero-order valence-corrected chi connectivity index (χ0v) is 17.4. The van der Waals surface area contributed by atoms with Crippen molar-refractivity contribution in [3.63, 3.8) is 0 Å². The number of anilines is 2. The normalized spacial score (nSPS) is 12.4. The highest BCUT2D eigenvalue weighted by Crippen LogP contribution is 2.31. The fourth-order valence-electron chi connectivity index (χ4n) is 3.38. The summed E-state index contributed by atoms with van der Waals surface area (Å²) in [6.07, 6.45) is 1.67. The third-order valence-electron chi connectivity index (χ3n) is 5.04. The van der Waals surface area contributed by atoms with Crippen LogP contribution in [0.2, 0.25) is 0 Å². The van der Waals surface area contributed by atoms with E-state index < -0.39 is 0 Å². The Kier molecular flexibility index (Phi) is 6.50. The predicted octanol–water partition coefficient (Wildman–Crippen LogP) is 3.35. The number of benzene rings is 2. The third-order valence-corrected chi connectivity index (χ3v) is 5.04. The van der Waals surface area contributed by atoms with Gasteiger partial charge in [0.1, 0.15) is 12.4 Å². The molecule has 0 radical (unpaired) electrons. The van der Waals surface area contributed by atoms with E-state index in [-0.39, 0.29) is 36.3 Å². The molecular weight excluding hydrogens is 410 g/mol. The number of carbonyl (C=O) groups is 3. The third kappa shape index (κ3) is 5.15. The van der Waals surface area contributed by atoms with Gasteiger partial charge in [-0.3, -0.25) is 14.4 Å². The van der Waals surface area contributed by atoms with Crippen molar-refractivity contribution in [3.8, 4) is 5.75 Å². The minimum atomic E-state index is -0.330. The maximum absolute atomic E-state index is 12.6. The Morgan fingerprint density at radius 3 is 2.53 bits per heavy atom. The van der Waals surface area contributed by atoms with Gasteiger partial charge in [-0.15, -0.1) is 0 Å². The number of hydrogen-bond acceptors (Lipinski definition) is 5. The van der Waals surface area contributed by atoms with E-state index in [9.17, 15) is 14.4 Å². The van der Waals surface area contributed by atoms with Crippen molar-refractivity contribution in [3.05, 3.63) is 78.3 Å². The van der Waals surface area contributed by atoms with Crippen molar-refractivity contribution in [2.24, 2.45) is 0 Å². The fraction of sp³-hybridized carbons (Fsp3) is 0.208. The number of ether oxygens (including phenoxy) is 1. The maximum Gasteiger partial charge on any atom is 0.291 e. The molecule has 32 heavy (non-hydrogen) atoms. The van der Waals surface area contributed by atoms with Gasteiger partial charge in [-0.1, -0.05) is 24.3 Å². The van der Waals surface area contributed by atoms with Gasteiger partial charge in [0.25, 0.3) is 5.91 Å². The topological polar surface area (TPSA) is 101 Å². The lowest BCUT2D eigenvalue weighted by Gasteiger charge is -2.29. The van der Waals surface area contributed by atoms with Crippen LogP contribution in [0.4, 0.5) is 11.4 Å². The summed E-state index contributed by atoms with van der Waals surface area (Å²) in [5.41, 5.74) is 2.24. The molecule has 0 saturated carbocycles. The van der Waals surface area contributed by atoms with Crippen LogP contribution >= 0.6 is 0 Å². The summed E-state index contributed by atoms with van der Waals surface area (Å²) in [6.45, 7) is 1.24. The Morgan fingerprint density at radius 2 is 1.75 bits per heavy atom. The van der Waals surface area contributed by atoms with E-state index in [1.54, 1.807) is 29.2 Å². The zero-order valence-electron chi connectivity index (χ0n) is 17.4. The van der Waals surface area contributed by atoms with E-state index in [0.717, 1.165) is 11.3 Å². The molecule has 4 rings (SSSR count). The van der Waals surface area contributed by atoms with E-state index in [4.69, 9.17) is 9.15 Å². The molecule has 3 aromatic rings. The standard InChI is InChI=1S/C24H23N3O5/c28-22(11-12-23(29)27-13-15-32-20-5-2-1-4-19(20)27)25-16-17-7-9-18(10-8-17)26-24(30)21-6-3-14-31-21/h1-10,14H,11-13,15-16H2,(H,25,28)(H,26,30). The molecular formula is C24H23N3O5. The van der Waals surface area contributed by atoms with Crippen LogP contribution in [0.3, 0.4) is 0 Å². The Balaban J connectivity index is 1.22. The Labute approximate surface area is 185 Å². The molecule has 1 aliphatic rings. The van der Waals surface area contributed by atoms with E-state index in [2.05, 4.69) is 10.6 Å². The van der Waals surface area contributed by atoms with Gasteiger partial charge in [0.2, 0.25) is 11.8 Å². The second-order valence-corrected chi connectivity index (χ2v) is 7.27. The van der Waals surface area contributed by atoms with Crippen LogP contribution in [0.25, 0.3) is 0 Å². The van der Waals surface area contributed by atoms with Gasteiger partial charge in [0.15, 0.2) is 5.76 Å². The van der Waals surface area contributed by atoms with Crippen molar-refractivity contribution in [2.75, 3.05) is 23.4 Å². The molecule has 3 amide bonds. The van der Waals surface area contributed by atoms with Crippen LogP contribution in [-0.2, 0) is 16.1 Å². The molecule has 0 unspecified atom stereocenters. The molecule has 8 heteroatoms. The van der Waals surface area contributed by atoms with Gasteiger partial charge in [0, 0.05) is 25.1 Å². The SMILES string of the molecule is O=C(CCC(=O)N1CCOc2ccccc21)NCc1ccc(NC(=O)c2ccco2)cc1. The number of hydrogen-bond donors (Lipinski definition) is 2. The highest BCUT2D eigenvalue weighted by Gasteiger charge is 2.23. The number of nitrogens with zero attached hydrogens (tertiary/aromatic N) is 1. The predicted molar refractivity (Wildman–Crippen MR) is 118 cm³/mol. The summed E-state index contributed by atoms with van der Waals surface area (Å²) in [5.74, 6) is 0.281. The van der Waals surface area contributed by atoms with Crippen LogP contribution in [0.15, 0.2) is 71.3 Å². The smallest absolute Gasteiger partial charge is 0.291 e. The average molecular weight is 433 g/mol. The highest BCUT2D eigenvalue weighted by atomic mass is 16.5. The molecule has 0 bridgehead atoms. The molecule has 2 heterocycles. The number of furan rings is 1. The first kappa shape index (κ1) is 21.2. The van der Waals surface area contributed by atoms with E-state index >= 15 is 0 Å². The van der Waals surface area contributed by atoms with Crippen molar-refractivity contribution in [2.45, 2.75) is 19.4 Å². The lowest BCUT2D eigenvalue weighted by molar-refractivity contribution is -0.125. The van der Waals surface area contributed by atoms with Crippen LogP contribution in [0, 0.1) is 0 Å². The monoisotopic (exact) mass is 433 g/mol. The average Bonchev–Trinajstić information content (AvgIpc) is 3.37. The number of carbonyl (C=O) groups excluding carboxylic acids is 3. The Hall–Kier alpha value is -4.07. The molecule has 164 valence electrons. The van der Waals surface area contributed by atoms with Crippen LogP contribution in [0.1, 0.15) is 29.0 Å². The van der Waals surface area contributed by atoms with Crippen molar-refractivity contribution >= 4 is 29.1 Å². The molecule has 1 aromatic heterocycles. The summed E-state index contributed by atoms with van der Waals surface area (Å²) in [6, 6.07) is 17.7. The molecule has 0 aliphatic carbocycles. The molecule has 0 atom stereocenters. The minimum Gasteiger partial charge on any atom is -0.490 e. The first-order valence-electron chi connectivity index (χ1n) is 10.3. The number of fused-ring (bicyclic) bond motifs is 1. The molecule has 1 aliphatic heterocycles. The van der Waals surface area contributed by atoms with E-state index in [0.29, 0.717) is 31.1 Å². The van der Waals surface area contributed by atoms with Gasteiger partial charge in [-0.2, -0.15) is 0 Å². The lowest BCUT2D eigenvalue weighted by Crippen LogP contribution is -2.38. The highest BCUT2D eigenvalue weighted by molar-refractivity contribution is 6.02. The van der Waals surface area contributed by atoms with E-state index in [1.165, 1.54) is 6.26 Å². The molecule has 8 nitrogen and oxygen atoms in total. The van der Waals surface area contributed by atoms with E-state index in [1.807, 2.05) is 36.4 Å². The van der Waals surface area contributed by atoms with Gasteiger partial charge >= 0.3 is 0 Å². The van der Waals surface area contributed by atoms with Gasteiger partial charge in [-0.25, -0.2) is 0 Å². The maximum atomic E-state index is 12.6. The zero-order chi connectivity index (χ0) is 22.3. The fourth-order valence-corrected chi connectivity index (χ4v) is 3.38. The Morgan fingerprint density at radius 1 is 0.938 bits per heavy atom. The first-order valence-corrected chi connectivity index (χ1v) is 10.3. The lowest BCUT2D eigenvalue weighted by atomic mass is 10.2. The molecule has 2 aromatic carbocycles. The second-order valence-electron chi connectivity index (χ2n) is 7.27. The van der Waals surface area contributed by atoms with Gasteiger partial charge < -0.3 is 24.7 Å². The second kappa shape index (κ2) is 9.82. The van der Waals surface area contributed by atoms with Crippen LogP contribution in [0.5, 0.6) is 5.75 Å². The summed E-state index contributed by atoms with van der Waals surface area (Å²) in [7, 11) is 0. The molecule has 2 N–H and O–H groups in total. The van der Waals surface area contributed by atoms with Crippen molar-refractivity contribution in [1.29, 1.82) is 0 Å². The summed E-state index contributed by atoms with van der Waals surface area (Å²) < 4.78 is 10.6. The molecule has 0 saturated heterocycles. The summed E-state index contributed by atoms with van der Waals surface area (Å²) >= 11 is 0. The van der Waals surface area contributed by atoms with Gasteiger partial charge in [-0.05, 0) is 42.0 Å². The van der Waals surface area contributed by atoms with Gasteiger partial charge in [0.05, 0.1) is 18.5 Å². The van der Waals surface area contributed by atoms with Crippen molar-refractivity contribution in [1.82, 2.24) is 5.32 Å². The summed E-state index contributed by atoms with van der Waals surface area (Å²) in [5, 5.41) is 5.56. The molecule has 0 fully saturated rings. The number of para-hydroxylation sites is 2. The van der Waals surface area contributed by atoms with Crippen LogP contribution in [-0.4, -0.2) is 30.9 Å². The van der Waals surface area contributed by atoms with Crippen LogP contribution < -0.4 is 20.3 Å². The number of amides is 3. The first-order chi connectivity index (χ1) is 15.6. The minimum absolute atomic E-state index is 0.104. The summed E-state index contributed by atoms with van der Waals surface area (Å²) in [4.78, 5) is 38.5. The number of rotatable bonds is 7. The Bertz CT molecular complexity index is 1090. The molecule has 0 spiro atoms.